The van der Waals surface area contributed by atoms with E-state index in [4.69, 9.17) is 5.73 Å². The normalized spacial score (nSPS) is 18.3. The number of likely N-dealkylation sites (tertiary alicyclic amines) is 1. The van der Waals surface area contributed by atoms with E-state index in [9.17, 15) is 9.59 Å². The Balaban J connectivity index is 2.13. The van der Waals surface area contributed by atoms with E-state index < -0.39 is 5.91 Å². The Morgan fingerprint density at radius 3 is 2.71 bits per heavy atom. The van der Waals surface area contributed by atoms with E-state index in [-0.39, 0.29) is 18.5 Å². The predicted molar refractivity (Wildman–Crippen MR) is 96.8 cm³/mol. The van der Waals surface area contributed by atoms with Crippen molar-refractivity contribution in [3.05, 3.63) is 29.8 Å². The van der Waals surface area contributed by atoms with E-state index in [0.29, 0.717) is 11.6 Å². The number of hydrogen-bond donors (Lipinski definition) is 2. The molecule has 0 radical (unpaired) electrons. The maximum absolute atomic E-state index is 12.8. The second-order valence-corrected chi connectivity index (χ2v) is 7.06. The number of hydrogen-bond acceptors (Lipinski definition) is 2. The van der Waals surface area contributed by atoms with Crippen LogP contribution in [0.5, 0.6) is 0 Å². The van der Waals surface area contributed by atoms with Gasteiger partial charge in [0, 0.05) is 18.3 Å². The molecule has 24 heavy (non-hydrogen) atoms. The lowest BCUT2D eigenvalue weighted by Gasteiger charge is -2.31. The third-order valence-corrected chi connectivity index (χ3v) is 4.51. The smallest absolute Gasteiger partial charge is 0.322 e. The Bertz CT molecular complexity index is 571. The van der Waals surface area contributed by atoms with Crippen molar-refractivity contribution in [1.82, 2.24) is 4.90 Å². The van der Waals surface area contributed by atoms with E-state index in [1.165, 1.54) is 12.8 Å². The number of para-hydroxylation sites is 1. The fourth-order valence-corrected chi connectivity index (χ4v) is 3.41. The molecule has 1 aromatic rings. The van der Waals surface area contributed by atoms with Gasteiger partial charge in [0.1, 0.15) is 0 Å². The first-order chi connectivity index (χ1) is 11.5. The number of nitrogens with zero attached hydrogens (tertiary/aromatic N) is 1. The first-order valence-electron chi connectivity index (χ1n) is 8.91. The van der Waals surface area contributed by atoms with Crippen molar-refractivity contribution < 1.29 is 9.59 Å². The van der Waals surface area contributed by atoms with Crippen molar-refractivity contribution in [1.29, 1.82) is 0 Å². The van der Waals surface area contributed by atoms with Gasteiger partial charge in [-0.25, -0.2) is 4.79 Å². The number of rotatable bonds is 5. The number of nitrogens with two attached hydrogens (primary N) is 1. The van der Waals surface area contributed by atoms with Crippen LogP contribution in [0.2, 0.25) is 0 Å². The van der Waals surface area contributed by atoms with Crippen LogP contribution in [0.1, 0.15) is 51.5 Å². The van der Waals surface area contributed by atoms with Crippen LogP contribution in [0.3, 0.4) is 0 Å². The molecule has 5 nitrogen and oxygen atoms in total. The molecule has 132 valence electrons. The van der Waals surface area contributed by atoms with Crippen molar-refractivity contribution in [2.45, 2.75) is 58.4 Å². The molecule has 2 rings (SSSR count). The minimum Gasteiger partial charge on any atom is -0.369 e. The summed E-state index contributed by atoms with van der Waals surface area (Å²) in [5.74, 6) is 0.162. The van der Waals surface area contributed by atoms with Crippen LogP contribution in [0.4, 0.5) is 10.5 Å². The first-order valence-corrected chi connectivity index (χ1v) is 8.91. The summed E-state index contributed by atoms with van der Waals surface area (Å²) >= 11 is 0. The molecule has 3 amide bonds. The lowest BCUT2D eigenvalue weighted by atomic mass is 9.99. The highest BCUT2D eigenvalue weighted by molar-refractivity contribution is 5.91. The highest BCUT2D eigenvalue weighted by Crippen LogP contribution is 2.24. The summed E-state index contributed by atoms with van der Waals surface area (Å²) < 4.78 is 0. The fourth-order valence-electron chi connectivity index (χ4n) is 3.41. The van der Waals surface area contributed by atoms with Crippen LogP contribution < -0.4 is 11.1 Å². The minimum atomic E-state index is -0.399. The Labute approximate surface area is 144 Å². The third-order valence-electron chi connectivity index (χ3n) is 4.51. The molecule has 1 aliphatic heterocycles. The van der Waals surface area contributed by atoms with E-state index in [1.807, 2.05) is 29.2 Å². The maximum atomic E-state index is 12.8. The molecule has 5 heteroatoms. The van der Waals surface area contributed by atoms with Gasteiger partial charge in [-0.1, -0.05) is 44.9 Å². The zero-order chi connectivity index (χ0) is 17.5. The van der Waals surface area contributed by atoms with Gasteiger partial charge in [-0.3, -0.25) is 4.79 Å². The summed E-state index contributed by atoms with van der Waals surface area (Å²) in [6, 6.07) is 7.57. The average molecular weight is 331 g/mol. The van der Waals surface area contributed by atoms with Crippen LogP contribution in [0.15, 0.2) is 24.3 Å². The van der Waals surface area contributed by atoms with Crippen molar-refractivity contribution >= 4 is 17.6 Å². The minimum absolute atomic E-state index is 0.0699. The van der Waals surface area contributed by atoms with Gasteiger partial charge in [0.2, 0.25) is 5.91 Å². The van der Waals surface area contributed by atoms with Crippen LogP contribution >= 0.6 is 0 Å². The van der Waals surface area contributed by atoms with Gasteiger partial charge in [-0.05, 0) is 36.8 Å². The maximum Gasteiger partial charge on any atom is 0.322 e. The summed E-state index contributed by atoms with van der Waals surface area (Å²) in [5, 5.41) is 3.00. The Morgan fingerprint density at radius 2 is 2.00 bits per heavy atom. The number of urea groups is 1. The van der Waals surface area contributed by atoms with Gasteiger partial charge in [0.15, 0.2) is 0 Å². The molecule has 1 fully saturated rings. The Hall–Kier alpha value is -2.04. The standard InChI is InChI=1S/C19H29N3O2/c1-14(2)12-16-9-4-3-7-11-22(16)19(24)21-17-10-6-5-8-15(17)13-18(20)23/h5-6,8,10,14,16H,3-4,7,9,11-13H2,1-2H3,(H2,20,23)(H,21,24)/t16-/m0/s1. The molecule has 1 saturated heterocycles. The number of carbonyl (C=O) groups is 2. The zero-order valence-corrected chi connectivity index (χ0v) is 14.8. The second kappa shape index (κ2) is 8.71. The van der Waals surface area contributed by atoms with E-state index in [0.717, 1.165) is 31.4 Å². The third kappa shape index (κ3) is 5.25. The molecule has 0 aromatic heterocycles. The van der Waals surface area contributed by atoms with Gasteiger partial charge in [-0.2, -0.15) is 0 Å². The fraction of sp³-hybridized carbons (Fsp3) is 0.579. The highest BCUT2D eigenvalue weighted by Gasteiger charge is 2.26. The second-order valence-electron chi connectivity index (χ2n) is 7.06. The molecule has 1 aromatic carbocycles. The molecule has 0 saturated carbocycles. The van der Waals surface area contributed by atoms with Gasteiger partial charge in [0.05, 0.1) is 6.42 Å². The van der Waals surface area contributed by atoms with Crippen molar-refractivity contribution in [2.75, 3.05) is 11.9 Å². The Kier molecular flexibility index (Phi) is 6.64. The van der Waals surface area contributed by atoms with Crippen molar-refractivity contribution in [2.24, 2.45) is 11.7 Å². The predicted octanol–water partition coefficient (Wildman–Crippen LogP) is 3.54. The lowest BCUT2D eigenvalue weighted by Crippen LogP contribution is -2.43. The number of carbonyl (C=O) groups excluding carboxylic acids is 2. The summed E-state index contributed by atoms with van der Waals surface area (Å²) in [7, 11) is 0. The summed E-state index contributed by atoms with van der Waals surface area (Å²) in [6.45, 7) is 5.19. The number of benzene rings is 1. The van der Waals surface area contributed by atoms with Gasteiger partial charge in [0.25, 0.3) is 0 Å². The van der Waals surface area contributed by atoms with E-state index >= 15 is 0 Å². The van der Waals surface area contributed by atoms with E-state index in [2.05, 4.69) is 19.2 Å². The molecular formula is C19H29N3O2. The highest BCUT2D eigenvalue weighted by atomic mass is 16.2. The van der Waals surface area contributed by atoms with Gasteiger partial charge < -0.3 is 16.0 Å². The van der Waals surface area contributed by atoms with Crippen LogP contribution in [0, 0.1) is 5.92 Å². The van der Waals surface area contributed by atoms with Crippen LogP contribution in [-0.2, 0) is 11.2 Å². The van der Waals surface area contributed by atoms with Gasteiger partial charge >= 0.3 is 6.03 Å². The number of amides is 3. The molecule has 3 N–H and O–H groups in total. The average Bonchev–Trinajstić information content (AvgIpc) is 2.73. The first kappa shape index (κ1) is 18.3. The SMILES string of the molecule is CC(C)C[C@@H]1CCCCCN1C(=O)Nc1ccccc1CC(N)=O. The zero-order valence-electron chi connectivity index (χ0n) is 14.8. The largest absolute Gasteiger partial charge is 0.369 e. The Morgan fingerprint density at radius 1 is 1.25 bits per heavy atom. The van der Waals surface area contributed by atoms with Gasteiger partial charge in [-0.15, -0.1) is 0 Å². The monoisotopic (exact) mass is 331 g/mol. The van der Waals surface area contributed by atoms with Crippen LogP contribution in [0.25, 0.3) is 0 Å². The summed E-state index contributed by atoms with van der Waals surface area (Å²) in [5.41, 5.74) is 6.74. The quantitative estimate of drug-likeness (QED) is 0.866. The topological polar surface area (TPSA) is 75.4 Å². The molecule has 0 spiro atoms. The lowest BCUT2D eigenvalue weighted by molar-refractivity contribution is -0.117. The molecule has 0 unspecified atom stereocenters. The van der Waals surface area contributed by atoms with Crippen LogP contribution in [-0.4, -0.2) is 29.4 Å². The number of anilines is 1. The van der Waals surface area contributed by atoms with Crippen molar-refractivity contribution in [3.8, 4) is 0 Å². The molecule has 0 aliphatic carbocycles. The molecular weight excluding hydrogens is 302 g/mol. The molecule has 0 bridgehead atoms. The molecule has 1 aliphatic rings. The number of primary amides is 1. The summed E-state index contributed by atoms with van der Waals surface area (Å²) in [4.78, 5) is 26.1. The number of nitrogens with one attached hydrogen (secondary N) is 1. The molecule has 1 heterocycles. The van der Waals surface area contributed by atoms with Crippen molar-refractivity contribution in [3.63, 3.8) is 0 Å². The molecule has 1 atom stereocenters. The summed E-state index contributed by atoms with van der Waals surface area (Å²) in [6.07, 6.45) is 5.62. The van der Waals surface area contributed by atoms with E-state index in [1.54, 1.807) is 0 Å².